The second-order valence-corrected chi connectivity index (χ2v) is 8.17. The summed E-state index contributed by atoms with van der Waals surface area (Å²) < 4.78 is 5.49. The van der Waals surface area contributed by atoms with E-state index in [0.717, 1.165) is 11.1 Å². The Morgan fingerprint density at radius 2 is 1.47 bits per heavy atom. The third-order valence-corrected chi connectivity index (χ3v) is 5.79. The third kappa shape index (κ3) is 5.61. The predicted octanol–water partition coefficient (Wildman–Crippen LogP) is 4.57. The molecule has 0 bridgehead atoms. The molecular formula is C27H26N2O5. The number of nitrogens with one attached hydrogen (secondary N) is 2. The molecule has 3 aromatic carbocycles. The molecule has 0 aliphatic heterocycles. The molecule has 7 nitrogen and oxygen atoms in total. The van der Waals surface area contributed by atoms with Crippen LogP contribution in [0, 0.1) is 0 Å². The van der Waals surface area contributed by atoms with Crippen molar-refractivity contribution in [3.63, 3.8) is 0 Å². The van der Waals surface area contributed by atoms with Crippen LogP contribution in [0.3, 0.4) is 0 Å². The van der Waals surface area contributed by atoms with E-state index < -0.39 is 12.1 Å². The summed E-state index contributed by atoms with van der Waals surface area (Å²) in [6.07, 6.45) is 0.139. The average molecular weight is 459 g/mol. The van der Waals surface area contributed by atoms with E-state index in [9.17, 15) is 14.4 Å². The van der Waals surface area contributed by atoms with Crippen LogP contribution in [0.4, 0.5) is 10.5 Å². The van der Waals surface area contributed by atoms with Crippen LogP contribution < -0.4 is 10.6 Å². The van der Waals surface area contributed by atoms with Crippen LogP contribution in [0.2, 0.25) is 0 Å². The maximum atomic E-state index is 12.2. The van der Waals surface area contributed by atoms with Crippen molar-refractivity contribution in [3.05, 3.63) is 89.5 Å². The number of hydrogen-bond donors (Lipinski definition) is 3. The van der Waals surface area contributed by atoms with Crippen LogP contribution in [-0.2, 0) is 20.7 Å². The van der Waals surface area contributed by atoms with Gasteiger partial charge in [0.05, 0.1) is 6.42 Å². The lowest BCUT2D eigenvalue weighted by atomic mass is 9.98. The highest BCUT2D eigenvalue weighted by Crippen LogP contribution is 2.44. The van der Waals surface area contributed by atoms with Gasteiger partial charge in [-0.15, -0.1) is 0 Å². The number of carbonyl (C=O) groups excluding carboxylic acids is 2. The molecule has 0 aromatic heterocycles. The summed E-state index contributed by atoms with van der Waals surface area (Å²) in [5, 5.41) is 14.3. The van der Waals surface area contributed by atoms with Crippen LogP contribution in [-0.4, -0.2) is 36.2 Å². The van der Waals surface area contributed by atoms with E-state index in [-0.39, 0.29) is 31.3 Å². The van der Waals surface area contributed by atoms with Crippen molar-refractivity contribution < 1.29 is 24.2 Å². The van der Waals surface area contributed by atoms with Gasteiger partial charge in [0.15, 0.2) is 0 Å². The number of amides is 2. The quantitative estimate of drug-likeness (QED) is 0.408. The first kappa shape index (κ1) is 23.0. The standard InChI is InChI=1S/C27H26N2O5/c30-25(29-19-13-11-18(12-14-19)16-26(31)32)10-5-15-28-27(33)34-17-24-22-8-3-1-6-20(22)21-7-2-4-9-23(21)24/h1-4,6-9,11-14,24H,5,10,15-17H2,(H,28,33)(H,29,30)(H,31,32). The Hall–Kier alpha value is -4.13. The summed E-state index contributed by atoms with van der Waals surface area (Å²) in [6, 6.07) is 23.0. The van der Waals surface area contributed by atoms with Gasteiger partial charge in [-0.3, -0.25) is 9.59 Å². The fraction of sp³-hybridized carbons (Fsp3) is 0.222. The SMILES string of the molecule is O=C(O)Cc1ccc(NC(=O)CCCNC(=O)OCC2c3ccccc3-c3ccccc32)cc1. The smallest absolute Gasteiger partial charge is 0.407 e. The molecule has 4 rings (SSSR count). The zero-order valence-electron chi connectivity index (χ0n) is 18.6. The predicted molar refractivity (Wildman–Crippen MR) is 129 cm³/mol. The molecule has 0 saturated heterocycles. The molecule has 2 amide bonds. The Balaban J connectivity index is 1.18. The van der Waals surface area contributed by atoms with Gasteiger partial charge in [-0.25, -0.2) is 4.79 Å². The first-order valence-electron chi connectivity index (χ1n) is 11.2. The highest BCUT2D eigenvalue weighted by atomic mass is 16.5. The topological polar surface area (TPSA) is 105 Å². The van der Waals surface area contributed by atoms with Crippen LogP contribution in [0.1, 0.15) is 35.4 Å². The van der Waals surface area contributed by atoms with Crippen molar-refractivity contribution in [2.24, 2.45) is 0 Å². The van der Waals surface area contributed by atoms with Crippen molar-refractivity contribution >= 4 is 23.7 Å². The van der Waals surface area contributed by atoms with Crippen molar-refractivity contribution in [1.29, 1.82) is 0 Å². The van der Waals surface area contributed by atoms with Crippen molar-refractivity contribution in [2.45, 2.75) is 25.2 Å². The molecule has 0 heterocycles. The zero-order chi connectivity index (χ0) is 23.9. The van der Waals surface area contributed by atoms with Gasteiger partial charge < -0.3 is 20.5 Å². The summed E-state index contributed by atoms with van der Waals surface area (Å²) in [5.74, 6) is -1.08. The molecule has 1 aliphatic carbocycles. The molecule has 0 unspecified atom stereocenters. The molecule has 0 saturated carbocycles. The third-order valence-electron chi connectivity index (χ3n) is 5.79. The van der Waals surface area contributed by atoms with Crippen LogP contribution in [0.5, 0.6) is 0 Å². The number of anilines is 1. The van der Waals surface area contributed by atoms with Gasteiger partial charge in [-0.2, -0.15) is 0 Å². The Bertz CT molecular complexity index is 1140. The number of hydrogen-bond acceptors (Lipinski definition) is 4. The number of alkyl carbamates (subject to hydrolysis) is 1. The number of ether oxygens (including phenoxy) is 1. The fourth-order valence-electron chi connectivity index (χ4n) is 4.19. The van der Waals surface area contributed by atoms with E-state index in [1.54, 1.807) is 24.3 Å². The van der Waals surface area contributed by atoms with Gasteiger partial charge >= 0.3 is 12.1 Å². The molecule has 3 N–H and O–H groups in total. The minimum atomic E-state index is -0.902. The molecule has 0 spiro atoms. The van der Waals surface area contributed by atoms with Gasteiger partial charge in [0, 0.05) is 24.6 Å². The maximum absolute atomic E-state index is 12.2. The molecular weight excluding hydrogens is 432 g/mol. The highest BCUT2D eigenvalue weighted by molar-refractivity contribution is 5.90. The summed E-state index contributed by atoms with van der Waals surface area (Å²) >= 11 is 0. The maximum Gasteiger partial charge on any atom is 0.407 e. The number of carboxylic acid groups (broad SMARTS) is 1. The lowest BCUT2D eigenvalue weighted by Crippen LogP contribution is -2.27. The minimum absolute atomic E-state index is 0.00538. The second-order valence-electron chi connectivity index (χ2n) is 8.17. The summed E-state index contributed by atoms with van der Waals surface area (Å²) in [7, 11) is 0. The molecule has 1 aliphatic rings. The Labute approximate surface area is 197 Å². The van der Waals surface area contributed by atoms with Crippen molar-refractivity contribution in [1.82, 2.24) is 5.32 Å². The van der Waals surface area contributed by atoms with Gasteiger partial charge in [-0.1, -0.05) is 60.7 Å². The average Bonchev–Trinajstić information content (AvgIpc) is 3.15. The van der Waals surface area contributed by atoms with Gasteiger partial charge in [-0.05, 0) is 46.4 Å². The van der Waals surface area contributed by atoms with Gasteiger partial charge in [0.2, 0.25) is 5.91 Å². The molecule has 174 valence electrons. The van der Waals surface area contributed by atoms with E-state index in [1.807, 2.05) is 24.3 Å². The Kier molecular flexibility index (Phi) is 7.22. The monoisotopic (exact) mass is 458 g/mol. The Morgan fingerprint density at radius 1 is 0.853 bits per heavy atom. The number of fused-ring (bicyclic) bond motifs is 3. The van der Waals surface area contributed by atoms with E-state index in [0.29, 0.717) is 24.2 Å². The summed E-state index contributed by atoms with van der Waals surface area (Å²) in [5.41, 5.74) is 5.93. The van der Waals surface area contributed by atoms with Crippen LogP contribution >= 0.6 is 0 Å². The second kappa shape index (κ2) is 10.7. The van der Waals surface area contributed by atoms with Gasteiger partial charge in [0.25, 0.3) is 0 Å². The number of carbonyl (C=O) groups is 3. The lowest BCUT2D eigenvalue weighted by molar-refractivity contribution is -0.136. The van der Waals surface area contributed by atoms with Crippen molar-refractivity contribution in [2.75, 3.05) is 18.5 Å². The minimum Gasteiger partial charge on any atom is -0.481 e. The van der Waals surface area contributed by atoms with E-state index in [2.05, 4.69) is 34.9 Å². The summed E-state index contributed by atoms with van der Waals surface area (Å²) in [4.78, 5) is 35.0. The molecule has 34 heavy (non-hydrogen) atoms. The normalized spacial score (nSPS) is 11.9. The van der Waals surface area contributed by atoms with E-state index >= 15 is 0 Å². The van der Waals surface area contributed by atoms with E-state index in [4.69, 9.17) is 9.84 Å². The Morgan fingerprint density at radius 3 is 2.09 bits per heavy atom. The lowest BCUT2D eigenvalue weighted by Gasteiger charge is -2.14. The zero-order valence-corrected chi connectivity index (χ0v) is 18.6. The first-order chi connectivity index (χ1) is 16.5. The molecule has 7 heteroatoms. The van der Waals surface area contributed by atoms with Gasteiger partial charge in [0.1, 0.15) is 6.61 Å². The number of benzene rings is 3. The molecule has 0 atom stereocenters. The molecule has 3 aromatic rings. The largest absolute Gasteiger partial charge is 0.481 e. The number of carboxylic acids is 1. The fourth-order valence-corrected chi connectivity index (χ4v) is 4.19. The van der Waals surface area contributed by atoms with Crippen LogP contribution in [0.25, 0.3) is 11.1 Å². The molecule has 0 fully saturated rings. The summed E-state index contributed by atoms with van der Waals surface area (Å²) in [6.45, 7) is 0.569. The molecule has 0 radical (unpaired) electrons. The number of aliphatic carboxylic acids is 1. The first-order valence-corrected chi connectivity index (χ1v) is 11.2. The highest BCUT2D eigenvalue weighted by Gasteiger charge is 2.28. The number of rotatable bonds is 9. The van der Waals surface area contributed by atoms with E-state index in [1.165, 1.54) is 11.1 Å². The van der Waals surface area contributed by atoms with Crippen LogP contribution in [0.15, 0.2) is 72.8 Å². The van der Waals surface area contributed by atoms with Crippen molar-refractivity contribution in [3.8, 4) is 11.1 Å².